The topological polar surface area (TPSA) is 114 Å². The van der Waals surface area contributed by atoms with Gasteiger partial charge in [-0.3, -0.25) is 4.79 Å². The van der Waals surface area contributed by atoms with E-state index in [1.165, 1.54) is 14.0 Å². The van der Waals surface area contributed by atoms with E-state index in [4.69, 9.17) is 5.11 Å². The van der Waals surface area contributed by atoms with E-state index in [1.807, 2.05) is 0 Å². The van der Waals surface area contributed by atoms with Crippen LogP contribution in [0.5, 0.6) is 0 Å². The molecule has 0 aliphatic heterocycles. The standard InChI is InChI=1S/C7H13N3O6/c1-5(7(12)13)9(3)10(14)8-16-4-15-6(2)11/h5H,4H2,1-3H3,(H,12,13)/b10-8-/t5-/m0/s1. The average Bonchev–Trinajstić information content (AvgIpc) is 2.21. The predicted molar refractivity (Wildman–Crippen MR) is 48.6 cm³/mol. The number of ether oxygens (including phenoxy) is 1. The van der Waals surface area contributed by atoms with Crippen LogP contribution in [0.1, 0.15) is 13.8 Å². The number of carbonyl (C=O) groups is 2. The molecule has 0 spiro atoms. The molecule has 0 bridgehead atoms. The molecule has 0 radical (unpaired) electrons. The molecule has 0 aromatic carbocycles. The zero-order chi connectivity index (χ0) is 12.7. The number of esters is 1. The predicted octanol–water partition coefficient (Wildman–Crippen LogP) is -0.279. The smallest absolute Gasteiger partial charge is 0.331 e. The number of rotatable bonds is 6. The van der Waals surface area contributed by atoms with Crippen LogP contribution in [0.15, 0.2) is 5.28 Å². The molecule has 0 aromatic rings. The van der Waals surface area contributed by atoms with Crippen molar-refractivity contribution in [3.63, 3.8) is 0 Å². The molecule has 0 rings (SSSR count). The molecule has 0 unspecified atom stereocenters. The first-order valence-corrected chi connectivity index (χ1v) is 4.25. The van der Waals surface area contributed by atoms with Crippen LogP contribution in [-0.4, -0.2) is 46.9 Å². The minimum atomic E-state index is -1.18. The Balaban J connectivity index is 4.11. The third-order valence-corrected chi connectivity index (χ3v) is 1.63. The second-order valence-electron chi connectivity index (χ2n) is 2.81. The summed E-state index contributed by atoms with van der Waals surface area (Å²) in [4.78, 5) is 25.1. The summed E-state index contributed by atoms with van der Waals surface area (Å²) >= 11 is 0. The van der Waals surface area contributed by atoms with Gasteiger partial charge < -0.3 is 19.9 Å². The molecule has 1 atom stereocenters. The van der Waals surface area contributed by atoms with Crippen molar-refractivity contribution in [2.45, 2.75) is 19.9 Å². The van der Waals surface area contributed by atoms with E-state index in [1.54, 1.807) is 0 Å². The molecule has 16 heavy (non-hydrogen) atoms. The molecule has 0 aromatic heterocycles. The third kappa shape index (κ3) is 4.98. The summed E-state index contributed by atoms with van der Waals surface area (Å²) in [6.07, 6.45) is 0. The Morgan fingerprint density at radius 1 is 1.62 bits per heavy atom. The molecule has 9 heteroatoms. The fourth-order valence-electron chi connectivity index (χ4n) is 0.548. The van der Waals surface area contributed by atoms with Gasteiger partial charge in [0.15, 0.2) is 6.04 Å². The van der Waals surface area contributed by atoms with Crippen molar-refractivity contribution in [3.05, 3.63) is 5.21 Å². The van der Waals surface area contributed by atoms with Crippen molar-refractivity contribution in [1.82, 2.24) is 5.01 Å². The van der Waals surface area contributed by atoms with E-state index in [0.717, 1.165) is 11.9 Å². The lowest BCUT2D eigenvalue weighted by molar-refractivity contribution is -0.710. The van der Waals surface area contributed by atoms with Crippen LogP contribution in [0.4, 0.5) is 0 Å². The summed E-state index contributed by atoms with van der Waals surface area (Å²) in [5.74, 6) is -1.77. The van der Waals surface area contributed by atoms with Crippen molar-refractivity contribution in [2.24, 2.45) is 5.28 Å². The Hall–Kier alpha value is -2.06. The van der Waals surface area contributed by atoms with Crippen molar-refractivity contribution < 1.29 is 29.2 Å². The average molecular weight is 235 g/mol. The molecular formula is C7H13N3O6. The minimum absolute atomic E-state index is 0.0533. The van der Waals surface area contributed by atoms with E-state index in [2.05, 4.69) is 14.9 Å². The highest BCUT2D eigenvalue weighted by Crippen LogP contribution is 1.97. The summed E-state index contributed by atoms with van der Waals surface area (Å²) in [7, 11) is 1.23. The number of hydrazine groups is 1. The number of hydrogen-bond donors (Lipinski definition) is 1. The van der Waals surface area contributed by atoms with Gasteiger partial charge in [0.1, 0.15) is 0 Å². The van der Waals surface area contributed by atoms with E-state index in [-0.39, 0.29) is 4.97 Å². The van der Waals surface area contributed by atoms with Crippen LogP contribution in [0.3, 0.4) is 0 Å². The first-order valence-electron chi connectivity index (χ1n) is 4.25. The van der Waals surface area contributed by atoms with Crippen LogP contribution < -0.4 is 0 Å². The van der Waals surface area contributed by atoms with Gasteiger partial charge in [-0.2, -0.15) is 0 Å². The molecule has 0 heterocycles. The normalized spacial score (nSPS) is 12.8. The van der Waals surface area contributed by atoms with Crippen molar-refractivity contribution in [2.75, 3.05) is 13.8 Å². The van der Waals surface area contributed by atoms with Crippen LogP contribution in [0.2, 0.25) is 0 Å². The molecule has 92 valence electrons. The Morgan fingerprint density at radius 2 is 2.19 bits per heavy atom. The third-order valence-electron chi connectivity index (χ3n) is 1.63. The monoisotopic (exact) mass is 235 g/mol. The van der Waals surface area contributed by atoms with Gasteiger partial charge in [0.05, 0.1) is 12.0 Å². The van der Waals surface area contributed by atoms with Crippen LogP contribution in [0, 0.1) is 5.21 Å². The SMILES string of the molecule is CC(=O)OCO/N=[N+](\[O-])N(C)[C@@H](C)C(=O)O. The summed E-state index contributed by atoms with van der Waals surface area (Å²) in [6.45, 7) is 1.95. The van der Waals surface area contributed by atoms with E-state index in [0.29, 0.717) is 0 Å². The largest absolute Gasteiger partial charge is 0.569 e. The maximum Gasteiger partial charge on any atom is 0.331 e. The van der Waals surface area contributed by atoms with Gasteiger partial charge in [0.2, 0.25) is 5.28 Å². The maximum atomic E-state index is 11.1. The first kappa shape index (κ1) is 13.9. The Morgan fingerprint density at radius 3 is 2.62 bits per heavy atom. The van der Waals surface area contributed by atoms with E-state index in [9.17, 15) is 14.8 Å². The van der Waals surface area contributed by atoms with Crippen LogP contribution >= 0.6 is 0 Å². The summed E-state index contributed by atoms with van der Waals surface area (Å²) in [5, 5.41) is 23.4. The molecule has 1 N–H and O–H groups in total. The first-order chi connectivity index (χ1) is 7.36. The van der Waals surface area contributed by atoms with Crippen LogP contribution in [0.25, 0.3) is 0 Å². The zero-order valence-corrected chi connectivity index (χ0v) is 9.11. The summed E-state index contributed by atoms with van der Waals surface area (Å²) in [5.41, 5.74) is 0. The van der Waals surface area contributed by atoms with Crippen molar-refractivity contribution in [3.8, 4) is 0 Å². The van der Waals surface area contributed by atoms with E-state index >= 15 is 0 Å². The number of carboxylic acids is 1. The summed E-state index contributed by atoms with van der Waals surface area (Å²) < 4.78 is 4.32. The highest BCUT2D eigenvalue weighted by molar-refractivity contribution is 5.72. The number of nitrogens with zero attached hydrogens (tertiary/aromatic N) is 3. The molecule has 9 nitrogen and oxygen atoms in total. The number of carbonyl (C=O) groups excluding carboxylic acids is 1. The second-order valence-corrected chi connectivity index (χ2v) is 2.81. The molecule has 0 saturated carbocycles. The Bertz CT molecular complexity index is 292. The maximum absolute atomic E-state index is 11.1. The Labute approximate surface area is 91.4 Å². The molecule has 0 aliphatic carbocycles. The van der Waals surface area contributed by atoms with Crippen molar-refractivity contribution >= 4 is 11.9 Å². The fourth-order valence-corrected chi connectivity index (χ4v) is 0.548. The molecule has 0 fully saturated rings. The molecular weight excluding hydrogens is 222 g/mol. The summed E-state index contributed by atoms with van der Waals surface area (Å²) in [6, 6.07) is -1.06. The van der Waals surface area contributed by atoms with Gasteiger partial charge in [-0.15, -0.1) is 5.01 Å². The number of carboxylic acid groups (broad SMARTS) is 1. The van der Waals surface area contributed by atoms with Gasteiger partial charge in [-0.1, -0.05) is 0 Å². The lowest BCUT2D eigenvalue weighted by atomic mass is 10.3. The van der Waals surface area contributed by atoms with Gasteiger partial charge in [0.25, 0.3) is 6.79 Å². The lowest BCUT2D eigenvalue weighted by Gasteiger charge is -2.16. The quantitative estimate of drug-likeness (QED) is 0.168. The Kier molecular flexibility index (Phi) is 5.60. The highest BCUT2D eigenvalue weighted by Gasteiger charge is 2.23. The molecule has 0 amide bonds. The molecule has 0 saturated heterocycles. The number of likely N-dealkylation sites (N-methyl/N-ethyl adjacent to an activating group) is 1. The fraction of sp³-hybridized carbons (Fsp3) is 0.714. The number of hydrogen-bond acceptors (Lipinski definition) is 6. The van der Waals surface area contributed by atoms with E-state index < -0.39 is 24.8 Å². The lowest BCUT2D eigenvalue weighted by Crippen LogP contribution is -2.40. The molecule has 0 aliphatic rings. The second kappa shape index (κ2) is 6.43. The van der Waals surface area contributed by atoms with Crippen LogP contribution in [-0.2, 0) is 19.2 Å². The minimum Gasteiger partial charge on any atom is -0.569 e. The van der Waals surface area contributed by atoms with Crippen molar-refractivity contribution in [1.29, 1.82) is 0 Å². The highest BCUT2D eigenvalue weighted by atomic mass is 16.8. The van der Waals surface area contributed by atoms with Gasteiger partial charge in [-0.05, 0) is 6.92 Å². The van der Waals surface area contributed by atoms with Gasteiger partial charge in [0, 0.05) is 6.92 Å². The van der Waals surface area contributed by atoms with Gasteiger partial charge >= 0.3 is 11.9 Å². The zero-order valence-electron chi connectivity index (χ0n) is 9.11. The number of aliphatic carboxylic acids is 1. The van der Waals surface area contributed by atoms with Gasteiger partial charge in [-0.25, -0.2) is 4.79 Å².